The number of carbonyl (C=O) groups is 1. The van der Waals surface area contributed by atoms with Crippen molar-refractivity contribution in [3.8, 4) is 5.75 Å². The summed E-state index contributed by atoms with van der Waals surface area (Å²) >= 11 is 6.47. The quantitative estimate of drug-likeness (QED) is 0.392. The van der Waals surface area contributed by atoms with Crippen molar-refractivity contribution < 1.29 is 32.2 Å². The smallest absolute Gasteiger partial charge is 0.264 e. The van der Waals surface area contributed by atoms with Gasteiger partial charge in [-0.05, 0) is 98.2 Å². The van der Waals surface area contributed by atoms with Crippen molar-refractivity contribution in [1.82, 2.24) is 9.62 Å². The molecule has 6 atom stereocenters. The summed E-state index contributed by atoms with van der Waals surface area (Å²) in [7, 11) is -2.54. The predicted octanol–water partition coefficient (Wildman–Crippen LogP) is 5.37. The van der Waals surface area contributed by atoms with Gasteiger partial charge in [0.15, 0.2) is 0 Å². The molecule has 1 N–H and O–H groups in total. The van der Waals surface area contributed by atoms with E-state index in [0.717, 1.165) is 82.2 Å². The summed E-state index contributed by atoms with van der Waals surface area (Å²) in [6.07, 6.45) is 9.19. The number of aryl methyl sites for hydroxylation is 1. The SMILES string of the molecule is CC[C@@H]1[C@H](OC)C/C=C/[C@H](OCCN2CCOCC2)[C@@H]2CC[C@H]2CN2C[C@@]3(CCCc4cc(Cl)ccc43)COc3ccc(cc32)C(=O)NS1(=O)=O. The Morgan fingerprint density at radius 2 is 1.96 bits per heavy atom. The fraction of sp³-hybridized carbons (Fsp3) is 0.615. The maximum absolute atomic E-state index is 13.7. The Kier molecular flexibility index (Phi) is 11.3. The number of methoxy groups -OCH3 is 1. The average molecular weight is 742 g/mol. The van der Waals surface area contributed by atoms with Gasteiger partial charge in [-0.15, -0.1) is 0 Å². The summed E-state index contributed by atoms with van der Waals surface area (Å²) in [4.78, 5) is 18.5. The van der Waals surface area contributed by atoms with E-state index in [9.17, 15) is 13.2 Å². The van der Waals surface area contributed by atoms with Crippen molar-refractivity contribution >= 4 is 33.2 Å². The molecule has 2 aliphatic carbocycles. The van der Waals surface area contributed by atoms with E-state index in [0.29, 0.717) is 44.3 Å². The van der Waals surface area contributed by atoms with Crippen molar-refractivity contribution in [3.63, 3.8) is 0 Å². The van der Waals surface area contributed by atoms with Gasteiger partial charge in [-0.1, -0.05) is 36.7 Å². The monoisotopic (exact) mass is 741 g/mol. The zero-order chi connectivity index (χ0) is 35.6. The first-order chi connectivity index (χ1) is 24.7. The van der Waals surface area contributed by atoms with Crippen LogP contribution < -0.4 is 14.4 Å². The van der Waals surface area contributed by atoms with Gasteiger partial charge in [0.25, 0.3) is 5.91 Å². The molecule has 1 saturated carbocycles. The lowest BCUT2D eigenvalue weighted by molar-refractivity contribution is -0.0315. The maximum atomic E-state index is 13.7. The number of amides is 1. The van der Waals surface area contributed by atoms with E-state index in [-0.39, 0.29) is 23.0 Å². The van der Waals surface area contributed by atoms with Gasteiger partial charge >= 0.3 is 0 Å². The zero-order valence-electron chi connectivity index (χ0n) is 29.9. The molecule has 10 nitrogen and oxygen atoms in total. The Labute approximate surface area is 307 Å². The van der Waals surface area contributed by atoms with Crippen LogP contribution in [0.3, 0.4) is 0 Å². The van der Waals surface area contributed by atoms with Crippen molar-refractivity contribution in [2.45, 2.75) is 74.7 Å². The molecule has 3 aliphatic heterocycles. The topological polar surface area (TPSA) is 107 Å². The molecule has 5 aliphatic rings. The standard InChI is InChI=1S/C39H52ClN3O7S/c1-3-37-36(47-2)8-4-7-34(49-21-18-42-16-19-48-20-17-42)31-12-9-29(31)24-43-25-39(15-5-6-27-22-30(40)11-13-32(27)39)26-50-35-14-10-28(23-33(35)43)38(44)41-51(37,45)46/h4,7,10-11,13-14,22-23,29,31,34,36-37H,3,5-6,8-9,12,15-21,24-26H2,1-2H3,(H,41,44)/b7-4+/t29-,31+,34-,36+,37+,39-/m0/s1. The number of nitrogens with zero attached hydrogens (tertiary/aromatic N) is 2. The van der Waals surface area contributed by atoms with Crippen LogP contribution in [0.5, 0.6) is 5.75 Å². The van der Waals surface area contributed by atoms with Crippen LogP contribution in [-0.2, 0) is 36.1 Å². The second-order valence-electron chi connectivity index (χ2n) is 14.9. The molecule has 3 heterocycles. The molecule has 2 fully saturated rings. The predicted molar refractivity (Wildman–Crippen MR) is 198 cm³/mol. The minimum absolute atomic E-state index is 0.118. The number of benzene rings is 2. The molecular formula is C39H52ClN3O7S. The molecule has 0 radical (unpaired) electrons. The van der Waals surface area contributed by atoms with Crippen LogP contribution in [0.4, 0.5) is 5.69 Å². The molecule has 278 valence electrons. The average Bonchev–Trinajstić information content (AvgIpc) is 3.26. The van der Waals surface area contributed by atoms with E-state index in [1.807, 2.05) is 31.2 Å². The number of morpholine rings is 1. The second kappa shape index (κ2) is 15.7. The summed E-state index contributed by atoms with van der Waals surface area (Å²) in [5.41, 5.74) is 3.38. The number of carbonyl (C=O) groups excluding carboxylic acids is 1. The third-order valence-corrected chi connectivity index (χ3v) is 14.1. The lowest BCUT2D eigenvalue weighted by Gasteiger charge is -2.46. The molecule has 2 aromatic carbocycles. The first-order valence-corrected chi connectivity index (χ1v) is 20.6. The third kappa shape index (κ3) is 7.85. The number of nitrogens with one attached hydrogen (secondary N) is 1. The summed E-state index contributed by atoms with van der Waals surface area (Å²) in [5, 5.41) is -0.173. The van der Waals surface area contributed by atoms with Gasteiger partial charge in [-0.3, -0.25) is 9.69 Å². The molecule has 1 saturated heterocycles. The Morgan fingerprint density at radius 3 is 2.73 bits per heavy atom. The fourth-order valence-electron chi connectivity index (χ4n) is 8.95. The molecule has 0 aromatic heterocycles. The third-order valence-electron chi connectivity index (χ3n) is 11.9. The lowest BCUT2D eigenvalue weighted by Crippen LogP contribution is -2.50. The number of hydrogen-bond donors (Lipinski definition) is 1. The highest BCUT2D eigenvalue weighted by molar-refractivity contribution is 7.90. The number of anilines is 1. The van der Waals surface area contributed by atoms with E-state index >= 15 is 0 Å². The molecule has 1 amide bonds. The van der Waals surface area contributed by atoms with E-state index in [1.165, 1.54) is 18.2 Å². The largest absolute Gasteiger partial charge is 0.490 e. The molecular weight excluding hydrogens is 690 g/mol. The van der Waals surface area contributed by atoms with Gasteiger partial charge in [0.05, 0.1) is 44.3 Å². The molecule has 51 heavy (non-hydrogen) atoms. The van der Waals surface area contributed by atoms with Crippen molar-refractivity contribution in [1.29, 1.82) is 0 Å². The van der Waals surface area contributed by atoms with Crippen LogP contribution in [0.1, 0.15) is 66.9 Å². The van der Waals surface area contributed by atoms with Crippen molar-refractivity contribution in [2.24, 2.45) is 11.8 Å². The first-order valence-electron chi connectivity index (χ1n) is 18.7. The van der Waals surface area contributed by atoms with Crippen LogP contribution in [0.25, 0.3) is 0 Å². The fourth-order valence-corrected chi connectivity index (χ4v) is 10.7. The van der Waals surface area contributed by atoms with Gasteiger partial charge < -0.3 is 23.8 Å². The number of hydrogen-bond acceptors (Lipinski definition) is 9. The highest BCUT2D eigenvalue weighted by atomic mass is 35.5. The Morgan fingerprint density at radius 1 is 1.12 bits per heavy atom. The van der Waals surface area contributed by atoms with Crippen LogP contribution >= 0.6 is 11.6 Å². The van der Waals surface area contributed by atoms with E-state index in [2.05, 4.69) is 32.7 Å². The van der Waals surface area contributed by atoms with Gasteiger partial charge in [0.2, 0.25) is 10.0 Å². The zero-order valence-corrected chi connectivity index (χ0v) is 31.4. The summed E-state index contributed by atoms with van der Waals surface area (Å²) < 4.78 is 54.5. The maximum Gasteiger partial charge on any atom is 0.264 e. The minimum atomic E-state index is -4.07. The van der Waals surface area contributed by atoms with Crippen LogP contribution in [-0.4, -0.2) is 103 Å². The normalized spacial score (nSPS) is 31.7. The van der Waals surface area contributed by atoms with Gasteiger partial charge in [0, 0.05) is 55.8 Å². The van der Waals surface area contributed by atoms with Crippen molar-refractivity contribution in [2.75, 3.05) is 71.2 Å². The molecule has 2 bridgehead atoms. The summed E-state index contributed by atoms with van der Waals surface area (Å²) in [5.74, 6) is 0.693. The number of fused-ring (bicyclic) bond motifs is 4. The first kappa shape index (κ1) is 36.7. The highest BCUT2D eigenvalue weighted by Crippen LogP contribution is 2.47. The summed E-state index contributed by atoms with van der Waals surface area (Å²) in [6.45, 7) is 8.55. The molecule has 0 unspecified atom stereocenters. The Balaban J connectivity index is 1.25. The van der Waals surface area contributed by atoms with Crippen LogP contribution in [0.2, 0.25) is 5.02 Å². The number of ether oxygens (including phenoxy) is 4. The minimum Gasteiger partial charge on any atom is -0.490 e. The van der Waals surface area contributed by atoms with E-state index in [4.69, 9.17) is 30.5 Å². The van der Waals surface area contributed by atoms with Gasteiger partial charge in [0.1, 0.15) is 11.0 Å². The van der Waals surface area contributed by atoms with Gasteiger partial charge in [-0.25, -0.2) is 13.1 Å². The number of sulfonamides is 1. The van der Waals surface area contributed by atoms with Crippen LogP contribution in [0, 0.1) is 11.8 Å². The van der Waals surface area contributed by atoms with Crippen LogP contribution in [0.15, 0.2) is 48.6 Å². The molecule has 12 heteroatoms. The van der Waals surface area contributed by atoms with Gasteiger partial charge in [-0.2, -0.15) is 0 Å². The summed E-state index contributed by atoms with van der Waals surface area (Å²) in [6, 6.07) is 11.6. The van der Waals surface area contributed by atoms with E-state index in [1.54, 1.807) is 6.07 Å². The molecule has 1 spiro atoms. The lowest BCUT2D eigenvalue weighted by atomic mass is 9.68. The Hall–Kier alpha value is -2.67. The van der Waals surface area contributed by atoms with Crippen molar-refractivity contribution in [3.05, 3.63) is 70.3 Å². The Bertz CT molecular complexity index is 1700. The number of halogens is 1. The second-order valence-corrected chi connectivity index (χ2v) is 17.3. The molecule has 7 rings (SSSR count). The highest BCUT2D eigenvalue weighted by Gasteiger charge is 2.45. The number of rotatable bonds is 6. The van der Waals surface area contributed by atoms with E-state index < -0.39 is 27.3 Å². The molecule has 2 aromatic rings.